The van der Waals surface area contributed by atoms with E-state index in [-0.39, 0.29) is 24.2 Å². The first-order chi connectivity index (χ1) is 17.3. The molecule has 0 radical (unpaired) electrons. The Labute approximate surface area is 206 Å². The molecule has 3 aromatic carbocycles. The van der Waals surface area contributed by atoms with Crippen LogP contribution in [0.15, 0.2) is 72.9 Å². The van der Waals surface area contributed by atoms with E-state index in [1.807, 2.05) is 30.3 Å². The number of nitrogens with two attached hydrogens (primary N) is 1. The van der Waals surface area contributed by atoms with Gasteiger partial charge in [0, 0.05) is 23.6 Å². The third-order valence-corrected chi connectivity index (χ3v) is 5.89. The Morgan fingerprint density at radius 1 is 1.00 bits per heavy atom. The molecule has 6 nitrogen and oxygen atoms in total. The van der Waals surface area contributed by atoms with Crippen molar-refractivity contribution in [2.45, 2.75) is 25.3 Å². The molecule has 0 fully saturated rings. The Morgan fingerprint density at radius 3 is 2.58 bits per heavy atom. The summed E-state index contributed by atoms with van der Waals surface area (Å²) in [6.45, 7) is 0. The van der Waals surface area contributed by atoms with Crippen LogP contribution in [-0.4, -0.2) is 22.7 Å². The Balaban J connectivity index is 1.53. The van der Waals surface area contributed by atoms with Gasteiger partial charge in [-0.25, -0.2) is 13.8 Å². The van der Waals surface area contributed by atoms with Gasteiger partial charge in [-0.2, -0.15) is 5.26 Å². The van der Waals surface area contributed by atoms with Crippen LogP contribution in [0.2, 0.25) is 0 Å². The molecular weight excluding hydrogens is 462 g/mol. The van der Waals surface area contributed by atoms with Crippen LogP contribution in [0.3, 0.4) is 0 Å². The fourth-order valence-electron chi connectivity index (χ4n) is 3.97. The van der Waals surface area contributed by atoms with Crippen molar-refractivity contribution in [3.8, 4) is 6.07 Å². The van der Waals surface area contributed by atoms with Crippen molar-refractivity contribution >= 4 is 28.3 Å². The Morgan fingerprint density at radius 2 is 1.81 bits per heavy atom. The van der Waals surface area contributed by atoms with E-state index >= 15 is 0 Å². The van der Waals surface area contributed by atoms with Gasteiger partial charge in [0.2, 0.25) is 0 Å². The summed E-state index contributed by atoms with van der Waals surface area (Å²) < 4.78 is 27.2. The molecule has 0 saturated heterocycles. The van der Waals surface area contributed by atoms with E-state index in [2.05, 4.69) is 10.3 Å². The number of ketones is 1. The van der Waals surface area contributed by atoms with Gasteiger partial charge in [0.15, 0.2) is 17.4 Å². The Hall–Kier alpha value is -4.64. The third-order valence-electron chi connectivity index (χ3n) is 5.89. The molecule has 3 N–H and O–H groups in total. The number of nitrogens with one attached hydrogen (secondary N) is 1. The average molecular weight is 485 g/mol. The zero-order valence-electron chi connectivity index (χ0n) is 19.2. The topological polar surface area (TPSA) is 109 Å². The second-order valence-corrected chi connectivity index (χ2v) is 8.39. The minimum atomic E-state index is -1.03. The van der Waals surface area contributed by atoms with Gasteiger partial charge in [0.25, 0.3) is 5.91 Å². The number of carbonyl (C=O) groups is 2. The van der Waals surface area contributed by atoms with Crippen molar-refractivity contribution in [3.63, 3.8) is 0 Å². The summed E-state index contributed by atoms with van der Waals surface area (Å²) in [4.78, 5) is 30.1. The molecular formula is C28H22F2N4O2. The average Bonchev–Trinajstić information content (AvgIpc) is 2.89. The van der Waals surface area contributed by atoms with E-state index < -0.39 is 23.6 Å². The molecule has 0 aliphatic rings. The van der Waals surface area contributed by atoms with Gasteiger partial charge < -0.3 is 11.1 Å². The van der Waals surface area contributed by atoms with Gasteiger partial charge in [0.05, 0.1) is 17.7 Å². The summed E-state index contributed by atoms with van der Waals surface area (Å²) in [5.41, 5.74) is 7.70. The summed E-state index contributed by atoms with van der Waals surface area (Å²) >= 11 is 0. The largest absolute Gasteiger partial charge is 0.383 e. The van der Waals surface area contributed by atoms with Crippen molar-refractivity contribution in [2.75, 3.05) is 5.73 Å². The molecule has 8 heteroatoms. The number of pyridine rings is 1. The second kappa shape index (κ2) is 10.7. The minimum Gasteiger partial charge on any atom is -0.383 e. The molecule has 4 rings (SSSR count). The van der Waals surface area contributed by atoms with E-state index in [1.54, 1.807) is 18.3 Å². The van der Waals surface area contributed by atoms with E-state index in [4.69, 9.17) is 11.0 Å². The fourth-order valence-corrected chi connectivity index (χ4v) is 3.97. The zero-order chi connectivity index (χ0) is 25.7. The van der Waals surface area contributed by atoms with Crippen LogP contribution in [0.5, 0.6) is 0 Å². The normalized spacial score (nSPS) is 11.6. The molecule has 0 bridgehead atoms. The van der Waals surface area contributed by atoms with Crippen LogP contribution in [0.25, 0.3) is 10.8 Å². The number of nitrogen functional groups attached to an aromatic ring is 1. The maximum Gasteiger partial charge on any atom is 0.251 e. The SMILES string of the molecule is N#Cc1cccc(C(=O)N[C@@H](Cc2ccc(F)c(F)c2)C(=O)CCc2ccc3c(N)nccc3c2)c1. The highest BCUT2D eigenvalue weighted by Crippen LogP contribution is 2.21. The molecule has 0 aliphatic heterocycles. The summed E-state index contributed by atoms with van der Waals surface area (Å²) in [5, 5.41) is 13.5. The maximum atomic E-state index is 13.8. The molecule has 0 aliphatic carbocycles. The molecule has 4 aromatic rings. The lowest BCUT2D eigenvalue weighted by atomic mass is 9.96. The maximum absolute atomic E-state index is 13.8. The first-order valence-corrected chi connectivity index (χ1v) is 11.2. The standard InChI is InChI=1S/C28H22F2N4O2/c29-23-8-5-18(14-24(23)30)15-25(34-28(36)21-3-1-2-19(13-21)16-31)26(35)9-6-17-4-7-22-20(12-17)10-11-33-27(22)32/h1-5,7-8,10-14,25H,6,9,15H2,(H2,32,33)(H,34,36)/t25-/m0/s1. The lowest BCUT2D eigenvalue weighted by molar-refractivity contribution is -0.120. The van der Waals surface area contributed by atoms with Gasteiger partial charge in [0.1, 0.15) is 5.82 Å². The number of carbonyl (C=O) groups excluding carboxylic acids is 2. The Bertz CT molecular complexity index is 1500. The number of hydrogen-bond donors (Lipinski definition) is 2. The summed E-state index contributed by atoms with van der Waals surface area (Å²) in [6.07, 6.45) is 2.12. The number of Topliss-reactive ketones (excluding diaryl/α,β-unsaturated/α-hetero) is 1. The van der Waals surface area contributed by atoms with Crippen molar-refractivity contribution in [1.82, 2.24) is 10.3 Å². The number of benzene rings is 3. The highest BCUT2D eigenvalue weighted by atomic mass is 19.2. The van der Waals surface area contributed by atoms with Gasteiger partial charge in [-0.05, 0) is 65.8 Å². The molecule has 0 spiro atoms. The minimum absolute atomic E-state index is 0.0142. The number of nitrogens with zero attached hydrogens (tertiary/aromatic N) is 2. The summed E-state index contributed by atoms with van der Waals surface area (Å²) in [5.74, 6) is -2.41. The van der Waals surface area contributed by atoms with E-state index in [1.165, 1.54) is 18.2 Å². The van der Waals surface area contributed by atoms with Crippen molar-refractivity contribution < 1.29 is 18.4 Å². The van der Waals surface area contributed by atoms with Crippen molar-refractivity contribution in [1.29, 1.82) is 5.26 Å². The van der Waals surface area contributed by atoms with E-state index in [0.29, 0.717) is 23.4 Å². The van der Waals surface area contributed by atoms with Gasteiger partial charge in [-0.15, -0.1) is 0 Å². The first kappa shape index (κ1) is 24.5. The van der Waals surface area contributed by atoms with Gasteiger partial charge in [-0.3, -0.25) is 9.59 Å². The van der Waals surface area contributed by atoms with Crippen molar-refractivity contribution in [2.24, 2.45) is 0 Å². The predicted molar refractivity (Wildman–Crippen MR) is 132 cm³/mol. The van der Waals surface area contributed by atoms with Crippen LogP contribution in [0, 0.1) is 23.0 Å². The summed E-state index contributed by atoms with van der Waals surface area (Å²) in [7, 11) is 0. The number of nitriles is 1. The van der Waals surface area contributed by atoms with Crippen molar-refractivity contribution in [3.05, 3.63) is 107 Å². The number of anilines is 1. The van der Waals surface area contributed by atoms with Crippen LogP contribution in [0.1, 0.15) is 33.5 Å². The predicted octanol–water partition coefficient (Wildman–Crippen LogP) is 4.51. The van der Waals surface area contributed by atoms with Crippen LogP contribution < -0.4 is 11.1 Å². The van der Waals surface area contributed by atoms with Crippen LogP contribution >= 0.6 is 0 Å². The molecule has 0 saturated carbocycles. The number of aromatic nitrogens is 1. The molecule has 1 aromatic heterocycles. The lowest BCUT2D eigenvalue weighted by Crippen LogP contribution is -2.42. The van der Waals surface area contributed by atoms with Crippen LogP contribution in [0.4, 0.5) is 14.6 Å². The highest BCUT2D eigenvalue weighted by molar-refractivity contribution is 5.98. The number of hydrogen-bond acceptors (Lipinski definition) is 5. The number of amides is 1. The van der Waals surface area contributed by atoms with Crippen LogP contribution in [-0.2, 0) is 17.6 Å². The smallest absolute Gasteiger partial charge is 0.251 e. The number of halogens is 2. The molecule has 0 unspecified atom stereocenters. The molecule has 1 atom stereocenters. The lowest BCUT2D eigenvalue weighted by Gasteiger charge is -2.18. The quantitative estimate of drug-likeness (QED) is 0.383. The van der Waals surface area contributed by atoms with E-state index in [0.717, 1.165) is 28.5 Å². The molecule has 1 heterocycles. The fraction of sp³-hybridized carbons (Fsp3) is 0.143. The van der Waals surface area contributed by atoms with Gasteiger partial charge in [-0.1, -0.05) is 30.3 Å². The van der Waals surface area contributed by atoms with E-state index in [9.17, 15) is 18.4 Å². The van der Waals surface area contributed by atoms with Gasteiger partial charge >= 0.3 is 0 Å². The highest BCUT2D eigenvalue weighted by Gasteiger charge is 2.22. The second-order valence-electron chi connectivity index (χ2n) is 8.39. The third kappa shape index (κ3) is 5.70. The molecule has 1 amide bonds. The monoisotopic (exact) mass is 484 g/mol. The first-order valence-electron chi connectivity index (χ1n) is 11.2. The Kier molecular flexibility index (Phi) is 7.31. The number of fused-ring (bicyclic) bond motifs is 1. The number of rotatable bonds is 8. The molecule has 36 heavy (non-hydrogen) atoms. The molecule has 180 valence electrons. The zero-order valence-corrected chi connectivity index (χ0v) is 19.2. The number of aryl methyl sites for hydroxylation is 1. The summed E-state index contributed by atoms with van der Waals surface area (Å²) in [6, 6.07) is 17.9.